The second-order valence-electron chi connectivity index (χ2n) is 3.46. The van der Waals surface area contributed by atoms with Crippen molar-refractivity contribution < 1.29 is 40.9 Å². The van der Waals surface area contributed by atoms with Gasteiger partial charge in [-0.25, -0.2) is 4.98 Å². The zero-order chi connectivity index (χ0) is 15.1. The van der Waals surface area contributed by atoms with E-state index in [1.807, 2.05) is 31.7 Å². The predicted molar refractivity (Wildman–Crippen MR) is 63.9 cm³/mol. The van der Waals surface area contributed by atoms with Gasteiger partial charge in [0.25, 0.3) is 0 Å². The maximum Gasteiger partial charge on any atom is 2.00 e. The average molecular weight is 454 g/mol. The number of carbonyl (C=O) groups is 2. The number of nitrogens with two attached hydrogens (primary N) is 1. The number of aromatic nitrogens is 2. The first-order valence-corrected chi connectivity index (χ1v) is 5.12. The molecule has 114 valence electrons. The van der Waals surface area contributed by atoms with Crippen molar-refractivity contribution in [3.05, 3.63) is 18.7 Å². The van der Waals surface area contributed by atoms with E-state index < -0.39 is 11.9 Å². The summed E-state index contributed by atoms with van der Waals surface area (Å²) in [5, 5.41) is 17.8. The van der Waals surface area contributed by atoms with Gasteiger partial charge in [-0.15, -0.1) is 0 Å². The maximum atomic E-state index is 8.89. The molecule has 7 nitrogen and oxygen atoms in total. The Bertz CT molecular complexity index is 280. The van der Waals surface area contributed by atoms with Crippen LogP contribution in [0.5, 0.6) is 0 Å². The van der Waals surface area contributed by atoms with Crippen LogP contribution >= 0.6 is 0 Å². The molecule has 19 heavy (non-hydrogen) atoms. The standard InChI is InChI=1S/C4H6N2.C3H9N.2C2H4O2.Pt/c1-6-3-2-5-4-6;1-3(2)4;2*1-2(3)4;/h2-4H,1H3;3H,4H2,1-2H3;2*1H3,(H,3,4);/q;;;;+2/p-2. The average Bonchev–Trinajstić information content (AvgIpc) is 2.51. The minimum atomic E-state index is -1.08. The number of aryl methyl sites for hydroxylation is 1. The third-order valence-corrected chi connectivity index (χ3v) is 0.637. The number of carbonyl (C=O) groups excluding carboxylic acids is 2. The summed E-state index contributed by atoms with van der Waals surface area (Å²) in [5.41, 5.74) is 5.11. The molecule has 8 heteroatoms. The molecule has 0 saturated carbocycles. The molecule has 0 saturated heterocycles. The van der Waals surface area contributed by atoms with E-state index in [4.69, 9.17) is 25.5 Å². The fourth-order valence-corrected chi connectivity index (χ4v) is 0.326. The molecule has 0 bridgehead atoms. The Hall–Kier alpha value is -1.20. The molecule has 0 fully saturated rings. The van der Waals surface area contributed by atoms with Crippen LogP contribution in [0.15, 0.2) is 18.7 Å². The SMILES string of the molecule is CC(=O)[O-].CC(=O)[O-].CC(C)N.Cn1ccnc1.[Pt+2]. The van der Waals surface area contributed by atoms with Crippen LogP contribution in [0, 0.1) is 0 Å². The van der Waals surface area contributed by atoms with E-state index in [1.54, 1.807) is 12.5 Å². The normalized spacial score (nSPS) is 7.32. The van der Waals surface area contributed by atoms with Gasteiger partial charge in [-0.2, -0.15) is 0 Å². The van der Waals surface area contributed by atoms with Crippen molar-refractivity contribution >= 4 is 11.9 Å². The molecular weight excluding hydrogens is 433 g/mol. The quantitative estimate of drug-likeness (QED) is 0.498. The van der Waals surface area contributed by atoms with E-state index in [0.717, 1.165) is 13.8 Å². The molecular formula is C11H21N3O4Pt. The van der Waals surface area contributed by atoms with E-state index in [9.17, 15) is 0 Å². The molecule has 0 aromatic carbocycles. The van der Waals surface area contributed by atoms with Gasteiger partial charge < -0.3 is 30.1 Å². The molecule has 1 aromatic rings. The fourth-order valence-electron chi connectivity index (χ4n) is 0.326. The van der Waals surface area contributed by atoms with Crippen LogP contribution in [0.2, 0.25) is 0 Å². The first-order chi connectivity index (χ1) is 8.09. The Kier molecular flexibility index (Phi) is 26.6. The third-order valence-electron chi connectivity index (χ3n) is 0.637. The van der Waals surface area contributed by atoms with Gasteiger partial charge in [-0.3, -0.25) is 0 Å². The van der Waals surface area contributed by atoms with Crippen molar-refractivity contribution in [1.29, 1.82) is 0 Å². The predicted octanol–water partition coefficient (Wildman–Crippen LogP) is -1.72. The molecule has 1 rings (SSSR count). The van der Waals surface area contributed by atoms with Crippen LogP contribution in [-0.4, -0.2) is 27.5 Å². The van der Waals surface area contributed by atoms with E-state index >= 15 is 0 Å². The van der Waals surface area contributed by atoms with Crippen molar-refractivity contribution in [3.63, 3.8) is 0 Å². The number of hydrogen-bond acceptors (Lipinski definition) is 6. The number of nitrogens with zero attached hydrogens (tertiary/aromatic N) is 2. The Balaban J connectivity index is -0.0000000796. The molecule has 0 aliphatic carbocycles. The first kappa shape index (κ1) is 26.4. The Morgan fingerprint density at radius 3 is 1.53 bits per heavy atom. The molecule has 1 aromatic heterocycles. The third kappa shape index (κ3) is 109. The second-order valence-corrected chi connectivity index (χ2v) is 3.46. The van der Waals surface area contributed by atoms with E-state index in [0.29, 0.717) is 6.04 Å². The van der Waals surface area contributed by atoms with E-state index in [1.165, 1.54) is 0 Å². The van der Waals surface area contributed by atoms with Crippen LogP contribution in [0.25, 0.3) is 0 Å². The van der Waals surface area contributed by atoms with Crippen LogP contribution in [0.4, 0.5) is 0 Å². The molecule has 0 unspecified atom stereocenters. The largest absolute Gasteiger partial charge is 2.00 e. The van der Waals surface area contributed by atoms with Crippen molar-refractivity contribution in [2.75, 3.05) is 0 Å². The summed E-state index contributed by atoms with van der Waals surface area (Å²) < 4.78 is 1.89. The Morgan fingerprint density at radius 2 is 1.47 bits per heavy atom. The first-order valence-electron chi connectivity index (χ1n) is 5.12. The Morgan fingerprint density at radius 1 is 1.21 bits per heavy atom. The number of hydrogen-bond donors (Lipinski definition) is 1. The number of carboxylic acids is 2. The van der Waals surface area contributed by atoms with Gasteiger partial charge in [-0.1, -0.05) is 13.8 Å². The molecule has 0 aliphatic heterocycles. The van der Waals surface area contributed by atoms with Crippen LogP contribution in [-0.2, 0) is 37.7 Å². The molecule has 0 amide bonds. The van der Waals surface area contributed by atoms with Gasteiger partial charge >= 0.3 is 21.1 Å². The zero-order valence-electron chi connectivity index (χ0n) is 11.7. The van der Waals surface area contributed by atoms with Gasteiger partial charge in [0, 0.05) is 31.4 Å². The molecule has 0 aliphatic rings. The monoisotopic (exact) mass is 454 g/mol. The van der Waals surface area contributed by atoms with Gasteiger partial charge in [0.05, 0.1) is 6.33 Å². The molecule has 0 atom stereocenters. The summed E-state index contributed by atoms with van der Waals surface area (Å²) in [6.45, 7) is 5.83. The number of carboxylic acid groups (broad SMARTS) is 2. The topological polar surface area (TPSA) is 124 Å². The Labute approximate surface area is 128 Å². The number of rotatable bonds is 0. The number of aliphatic carboxylic acids is 2. The molecule has 0 radical (unpaired) electrons. The summed E-state index contributed by atoms with van der Waals surface area (Å²) in [5.74, 6) is -2.17. The van der Waals surface area contributed by atoms with Crippen molar-refractivity contribution in [3.8, 4) is 0 Å². The number of imidazole rings is 1. The summed E-state index contributed by atoms with van der Waals surface area (Å²) in [6.07, 6.45) is 5.39. The van der Waals surface area contributed by atoms with Crippen molar-refractivity contribution in [2.24, 2.45) is 12.8 Å². The molecule has 0 spiro atoms. The summed E-state index contributed by atoms with van der Waals surface area (Å²) in [4.78, 5) is 21.6. The van der Waals surface area contributed by atoms with Crippen LogP contribution in [0.1, 0.15) is 27.7 Å². The van der Waals surface area contributed by atoms with Gasteiger partial charge in [0.1, 0.15) is 0 Å². The van der Waals surface area contributed by atoms with Crippen LogP contribution < -0.4 is 15.9 Å². The minimum absolute atomic E-state index is 0. The summed E-state index contributed by atoms with van der Waals surface area (Å²) >= 11 is 0. The molecule has 1 heterocycles. The van der Waals surface area contributed by atoms with E-state index in [2.05, 4.69) is 4.98 Å². The van der Waals surface area contributed by atoms with Crippen molar-refractivity contribution in [2.45, 2.75) is 33.7 Å². The molecule has 2 N–H and O–H groups in total. The van der Waals surface area contributed by atoms with Crippen molar-refractivity contribution in [1.82, 2.24) is 9.55 Å². The van der Waals surface area contributed by atoms with Crippen LogP contribution in [0.3, 0.4) is 0 Å². The van der Waals surface area contributed by atoms with E-state index in [-0.39, 0.29) is 21.1 Å². The maximum absolute atomic E-state index is 8.89. The van der Waals surface area contributed by atoms with Gasteiger partial charge in [0.15, 0.2) is 0 Å². The second kappa shape index (κ2) is 19.1. The van der Waals surface area contributed by atoms with Gasteiger partial charge in [0.2, 0.25) is 0 Å². The fraction of sp³-hybridized carbons (Fsp3) is 0.545. The smallest absolute Gasteiger partial charge is 0.550 e. The summed E-state index contributed by atoms with van der Waals surface area (Å²) in [7, 11) is 1.94. The zero-order valence-corrected chi connectivity index (χ0v) is 14.0. The summed E-state index contributed by atoms with van der Waals surface area (Å²) in [6, 6.07) is 0.333. The van der Waals surface area contributed by atoms with Gasteiger partial charge in [-0.05, 0) is 19.9 Å². The minimum Gasteiger partial charge on any atom is -0.550 e.